The molecule has 4 heteroatoms. The van der Waals surface area contributed by atoms with Crippen LogP contribution in [0.15, 0.2) is 83.9 Å². The predicted octanol–water partition coefficient (Wildman–Crippen LogP) is 6.76. The molecule has 4 aromatic carbocycles. The second kappa shape index (κ2) is 6.30. The molecule has 0 unspecified atom stereocenters. The van der Waals surface area contributed by atoms with E-state index in [1.807, 2.05) is 48.5 Å². The number of nitrogens with zero attached hydrogens (tertiary/aromatic N) is 1. The minimum atomic E-state index is -4.44. The van der Waals surface area contributed by atoms with E-state index in [1.165, 1.54) is 18.3 Å². The highest BCUT2D eigenvalue weighted by Crippen LogP contribution is 2.36. The van der Waals surface area contributed by atoms with Gasteiger partial charge in [0.15, 0.2) is 0 Å². The fraction of sp³-hybridized carbons (Fsp3) is 0.0455. The first-order chi connectivity index (χ1) is 12.5. The van der Waals surface area contributed by atoms with Crippen LogP contribution in [0.1, 0.15) is 11.1 Å². The van der Waals surface area contributed by atoms with E-state index in [4.69, 9.17) is 0 Å². The van der Waals surface area contributed by atoms with Gasteiger partial charge in [-0.1, -0.05) is 60.7 Å². The minimum absolute atomic E-state index is 0.0861. The van der Waals surface area contributed by atoms with Gasteiger partial charge in [0, 0.05) is 11.8 Å². The fourth-order valence-corrected chi connectivity index (χ4v) is 3.15. The standard InChI is InChI=1S/C22H14F3N/c23-22(24,25)20-11-5-6-12-21(20)26-14-19-17-9-3-1-7-15(17)13-16-8-2-4-10-18(16)19/h1-14H. The number of halogens is 3. The molecule has 0 aliphatic rings. The molecule has 0 N–H and O–H groups in total. The van der Waals surface area contributed by atoms with Gasteiger partial charge < -0.3 is 0 Å². The van der Waals surface area contributed by atoms with Crippen molar-refractivity contribution in [1.82, 2.24) is 0 Å². The van der Waals surface area contributed by atoms with Gasteiger partial charge in [0.2, 0.25) is 0 Å². The van der Waals surface area contributed by atoms with E-state index in [-0.39, 0.29) is 5.69 Å². The molecular weight excluding hydrogens is 335 g/mol. The van der Waals surface area contributed by atoms with Crippen molar-refractivity contribution in [2.75, 3.05) is 0 Å². The molecule has 0 saturated carbocycles. The molecule has 0 spiro atoms. The second-order valence-corrected chi connectivity index (χ2v) is 6.01. The van der Waals surface area contributed by atoms with Gasteiger partial charge in [0.05, 0.1) is 11.3 Å². The van der Waals surface area contributed by atoms with Gasteiger partial charge >= 0.3 is 6.18 Å². The summed E-state index contributed by atoms with van der Waals surface area (Å²) in [6, 6.07) is 23.0. The minimum Gasteiger partial charge on any atom is -0.256 e. The van der Waals surface area contributed by atoms with Crippen LogP contribution in [0.3, 0.4) is 0 Å². The number of para-hydroxylation sites is 1. The Kier molecular flexibility index (Phi) is 3.96. The summed E-state index contributed by atoms with van der Waals surface area (Å²) in [6.45, 7) is 0. The summed E-state index contributed by atoms with van der Waals surface area (Å²) >= 11 is 0. The average Bonchev–Trinajstić information content (AvgIpc) is 2.64. The van der Waals surface area contributed by atoms with E-state index >= 15 is 0 Å². The first-order valence-electron chi connectivity index (χ1n) is 8.15. The first kappa shape index (κ1) is 16.3. The Labute approximate surface area is 148 Å². The normalized spacial score (nSPS) is 12.3. The third kappa shape index (κ3) is 2.94. The van der Waals surface area contributed by atoms with Crippen LogP contribution in [0.25, 0.3) is 21.5 Å². The molecule has 0 aliphatic carbocycles. The lowest BCUT2D eigenvalue weighted by Crippen LogP contribution is -2.04. The second-order valence-electron chi connectivity index (χ2n) is 6.01. The Bertz CT molecular complexity index is 1070. The number of rotatable bonds is 2. The molecule has 0 aromatic heterocycles. The first-order valence-corrected chi connectivity index (χ1v) is 8.15. The number of hydrogen-bond acceptors (Lipinski definition) is 1. The Balaban J connectivity index is 1.94. The van der Waals surface area contributed by atoms with Gasteiger partial charge in [-0.3, -0.25) is 4.99 Å². The van der Waals surface area contributed by atoms with E-state index < -0.39 is 11.7 Å². The van der Waals surface area contributed by atoms with Crippen LogP contribution in [-0.4, -0.2) is 6.21 Å². The largest absolute Gasteiger partial charge is 0.418 e. The van der Waals surface area contributed by atoms with Gasteiger partial charge in [0.1, 0.15) is 0 Å². The number of hydrogen-bond donors (Lipinski definition) is 0. The molecule has 128 valence electrons. The monoisotopic (exact) mass is 349 g/mol. The summed E-state index contributed by atoms with van der Waals surface area (Å²) in [6.07, 6.45) is -2.90. The summed E-state index contributed by atoms with van der Waals surface area (Å²) in [5.41, 5.74) is -0.00603. The van der Waals surface area contributed by atoms with Crippen molar-refractivity contribution in [3.05, 3.63) is 90.0 Å². The molecule has 1 nitrogen and oxygen atoms in total. The van der Waals surface area contributed by atoms with Gasteiger partial charge in [-0.15, -0.1) is 0 Å². The summed E-state index contributed by atoms with van der Waals surface area (Å²) in [4.78, 5) is 4.20. The molecule has 0 saturated heterocycles. The summed E-state index contributed by atoms with van der Waals surface area (Å²) < 4.78 is 39.6. The van der Waals surface area contributed by atoms with Crippen LogP contribution in [0.2, 0.25) is 0 Å². The molecule has 0 atom stereocenters. The third-order valence-electron chi connectivity index (χ3n) is 4.36. The highest BCUT2D eigenvalue weighted by Gasteiger charge is 2.33. The molecule has 4 aromatic rings. The van der Waals surface area contributed by atoms with Gasteiger partial charge in [0.25, 0.3) is 0 Å². The van der Waals surface area contributed by atoms with Gasteiger partial charge in [-0.2, -0.15) is 13.2 Å². The Hall–Kier alpha value is -3.14. The maximum Gasteiger partial charge on any atom is 0.418 e. The molecule has 0 aliphatic heterocycles. The molecule has 0 fully saturated rings. The third-order valence-corrected chi connectivity index (χ3v) is 4.36. The maximum absolute atomic E-state index is 13.2. The van der Waals surface area contributed by atoms with Gasteiger partial charge in [-0.25, -0.2) is 0 Å². The van der Waals surface area contributed by atoms with Crippen molar-refractivity contribution >= 4 is 33.4 Å². The smallest absolute Gasteiger partial charge is 0.256 e. The highest BCUT2D eigenvalue weighted by atomic mass is 19.4. The molecule has 0 radical (unpaired) electrons. The zero-order chi connectivity index (χ0) is 18.1. The molecular formula is C22H14F3N. The Morgan fingerprint density at radius 3 is 1.85 bits per heavy atom. The lowest BCUT2D eigenvalue weighted by molar-refractivity contribution is -0.137. The van der Waals surface area contributed by atoms with E-state index in [0.29, 0.717) is 0 Å². The van der Waals surface area contributed by atoms with Crippen LogP contribution in [-0.2, 0) is 6.18 Å². The van der Waals surface area contributed by atoms with Crippen LogP contribution in [0.5, 0.6) is 0 Å². The van der Waals surface area contributed by atoms with Crippen molar-refractivity contribution in [2.45, 2.75) is 6.18 Å². The van der Waals surface area contributed by atoms with Crippen molar-refractivity contribution in [3.8, 4) is 0 Å². The lowest BCUT2D eigenvalue weighted by atomic mass is 9.97. The van der Waals surface area contributed by atoms with E-state index in [2.05, 4.69) is 11.1 Å². The van der Waals surface area contributed by atoms with Crippen molar-refractivity contribution < 1.29 is 13.2 Å². The van der Waals surface area contributed by atoms with Crippen LogP contribution >= 0.6 is 0 Å². The van der Waals surface area contributed by atoms with Crippen LogP contribution in [0, 0.1) is 0 Å². The molecule has 0 bridgehead atoms. The van der Waals surface area contributed by atoms with Gasteiger partial charge in [-0.05, 0) is 39.7 Å². The number of aliphatic imine (C=N–C) groups is 1. The summed E-state index contributed by atoms with van der Waals surface area (Å²) in [5, 5.41) is 3.97. The predicted molar refractivity (Wildman–Crippen MR) is 100 cm³/mol. The summed E-state index contributed by atoms with van der Waals surface area (Å²) in [5.74, 6) is 0. The van der Waals surface area contributed by atoms with Crippen LogP contribution < -0.4 is 0 Å². The molecule has 0 heterocycles. The highest BCUT2D eigenvalue weighted by molar-refractivity contribution is 6.13. The molecule has 26 heavy (non-hydrogen) atoms. The lowest BCUT2D eigenvalue weighted by Gasteiger charge is -2.10. The fourth-order valence-electron chi connectivity index (χ4n) is 3.15. The molecule has 0 amide bonds. The van der Waals surface area contributed by atoms with E-state index in [1.54, 1.807) is 6.07 Å². The van der Waals surface area contributed by atoms with E-state index in [0.717, 1.165) is 33.2 Å². The topological polar surface area (TPSA) is 12.4 Å². The Morgan fingerprint density at radius 2 is 1.23 bits per heavy atom. The summed E-state index contributed by atoms with van der Waals surface area (Å²) in [7, 11) is 0. The SMILES string of the molecule is FC(F)(F)c1ccccc1N=Cc1c2ccccc2cc2ccccc12. The van der Waals surface area contributed by atoms with E-state index in [9.17, 15) is 13.2 Å². The van der Waals surface area contributed by atoms with Crippen LogP contribution in [0.4, 0.5) is 18.9 Å². The number of fused-ring (bicyclic) bond motifs is 2. The number of alkyl halides is 3. The zero-order valence-corrected chi connectivity index (χ0v) is 13.7. The quantitative estimate of drug-likeness (QED) is 0.280. The maximum atomic E-state index is 13.2. The number of benzene rings is 4. The molecule has 4 rings (SSSR count). The van der Waals surface area contributed by atoms with Crippen molar-refractivity contribution in [3.63, 3.8) is 0 Å². The van der Waals surface area contributed by atoms with Crippen molar-refractivity contribution in [1.29, 1.82) is 0 Å². The van der Waals surface area contributed by atoms with Crippen molar-refractivity contribution in [2.24, 2.45) is 4.99 Å². The average molecular weight is 349 g/mol. The zero-order valence-electron chi connectivity index (χ0n) is 13.7. The Morgan fingerprint density at radius 1 is 0.692 bits per heavy atom.